The van der Waals surface area contributed by atoms with Crippen molar-refractivity contribution >= 4 is 20.2 Å². The number of rotatable bonds is 3. The van der Waals surface area contributed by atoms with E-state index in [1.807, 2.05) is 0 Å². The first kappa shape index (κ1) is 9.25. The summed E-state index contributed by atoms with van der Waals surface area (Å²) in [7, 11) is -1.17. The lowest BCUT2D eigenvalue weighted by Crippen LogP contribution is -2.14. The van der Waals surface area contributed by atoms with Crippen molar-refractivity contribution in [3.63, 3.8) is 0 Å². The number of hydrogen-bond acceptors (Lipinski definition) is 6. The largest absolute Gasteiger partial charge is 0.391 e. The Morgan fingerprint density at radius 1 is 1.58 bits per heavy atom. The summed E-state index contributed by atoms with van der Waals surface area (Å²) in [6, 6.07) is 0. The molecule has 2 unspecified atom stereocenters. The third-order valence-corrected chi connectivity index (χ3v) is 1.92. The van der Waals surface area contributed by atoms with Crippen molar-refractivity contribution in [2.24, 2.45) is 0 Å². The molecular weight excluding hydrogens is 187 g/mol. The van der Waals surface area contributed by atoms with Crippen LogP contribution in [-0.2, 0) is 27.9 Å². The molecule has 0 aromatic carbocycles. The fraction of sp³-hybridized carbons (Fsp3) is 0.600. The molecule has 0 aromatic heterocycles. The van der Waals surface area contributed by atoms with E-state index in [9.17, 15) is 14.2 Å². The molecule has 0 N–H and O–H groups in total. The molecule has 1 radical (unpaired) electrons. The van der Waals surface area contributed by atoms with Crippen LogP contribution in [0.4, 0.5) is 0 Å². The monoisotopic (exact) mass is 193 g/mol. The van der Waals surface area contributed by atoms with Gasteiger partial charge in [0.2, 0.25) is 0 Å². The number of hydrogen-bond donors (Lipinski definition) is 0. The van der Waals surface area contributed by atoms with Crippen molar-refractivity contribution in [3.8, 4) is 0 Å². The molecule has 0 amide bonds. The van der Waals surface area contributed by atoms with Crippen LogP contribution < -0.4 is 0 Å². The average Bonchev–Trinajstić information content (AvgIpc) is 2.30. The van der Waals surface area contributed by atoms with Gasteiger partial charge in [0.05, 0.1) is 13.5 Å². The van der Waals surface area contributed by atoms with Gasteiger partial charge in [-0.15, -0.1) is 0 Å². The van der Waals surface area contributed by atoms with E-state index in [0.717, 1.165) is 0 Å². The van der Waals surface area contributed by atoms with Gasteiger partial charge in [0, 0.05) is 0 Å². The Labute approximate surface area is 68.7 Å². The van der Waals surface area contributed by atoms with Gasteiger partial charge in [-0.1, -0.05) is 0 Å². The Bertz CT molecular complexity index is 236. The van der Waals surface area contributed by atoms with Crippen molar-refractivity contribution in [3.05, 3.63) is 0 Å². The van der Waals surface area contributed by atoms with E-state index in [2.05, 4.69) is 13.8 Å². The van der Waals surface area contributed by atoms with Crippen LogP contribution in [0.1, 0.15) is 6.42 Å². The van der Waals surface area contributed by atoms with Crippen molar-refractivity contribution < 1.29 is 27.9 Å². The highest BCUT2D eigenvalue weighted by Crippen LogP contribution is 2.28. The fourth-order valence-corrected chi connectivity index (χ4v) is 1.14. The molecule has 2 atom stereocenters. The predicted molar refractivity (Wildman–Crippen MR) is 35.2 cm³/mol. The summed E-state index contributed by atoms with van der Waals surface area (Å²) in [6.45, 7) is 0. The van der Waals surface area contributed by atoms with Gasteiger partial charge in [-0.05, 0) is 0 Å². The number of cyclic esters (lactones) is 2. The van der Waals surface area contributed by atoms with Crippen LogP contribution in [0.25, 0.3) is 0 Å². The minimum atomic E-state index is -2.34. The third kappa shape index (κ3) is 2.07. The zero-order valence-corrected chi connectivity index (χ0v) is 7.08. The first-order valence-electron chi connectivity index (χ1n) is 3.06. The molecule has 1 rings (SSSR count). The standard InChI is InChI=1S/C5H6O6P/c1-9-12(8)11-3-2-4(6)10-5(3)7/h3H,2H2,1H3. The van der Waals surface area contributed by atoms with Gasteiger partial charge >= 0.3 is 20.2 Å². The average molecular weight is 193 g/mol. The minimum absolute atomic E-state index is 0.205. The molecule has 0 aromatic rings. The van der Waals surface area contributed by atoms with E-state index < -0.39 is 26.3 Å². The quantitative estimate of drug-likeness (QED) is 0.360. The van der Waals surface area contributed by atoms with Gasteiger partial charge in [0.15, 0.2) is 6.10 Å². The topological polar surface area (TPSA) is 78.9 Å². The van der Waals surface area contributed by atoms with E-state index in [1.165, 1.54) is 7.11 Å². The van der Waals surface area contributed by atoms with Crippen LogP contribution in [0.2, 0.25) is 0 Å². The maximum Gasteiger partial charge on any atom is 0.369 e. The van der Waals surface area contributed by atoms with E-state index >= 15 is 0 Å². The summed E-state index contributed by atoms with van der Waals surface area (Å²) in [4.78, 5) is 21.2. The van der Waals surface area contributed by atoms with Crippen molar-refractivity contribution in [1.82, 2.24) is 0 Å². The maximum absolute atomic E-state index is 10.7. The first-order chi connectivity index (χ1) is 5.63. The highest BCUT2D eigenvalue weighted by Gasteiger charge is 2.36. The molecule has 12 heavy (non-hydrogen) atoms. The van der Waals surface area contributed by atoms with Gasteiger partial charge in [-0.25, -0.2) is 9.36 Å². The van der Waals surface area contributed by atoms with Gasteiger partial charge in [0.1, 0.15) is 0 Å². The second-order valence-electron chi connectivity index (χ2n) is 2.00. The highest BCUT2D eigenvalue weighted by molar-refractivity contribution is 7.33. The van der Waals surface area contributed by atoms with Crippen LogP contribution in [0, 0.1) is 0 Å². The third-order valence-electron chi connectivity index (χ3n) is 1.19. The first-order valence-corrected chi connectivity index (χ1v) is 4.15. The SMILES string of the molecule is CO[P](=O)OC1CC(=O)OC1=O. The lowest BCUT2D eigenvalue weighted by molar-refractivity contribution is -0.154. The predicted octanol–water partition coefficient (Wildman–Crippen LogP) is 0.149. The molecule has 1 saturated heterocycles. The molecule has 6 nitrogen and oxygen atoms in total. The summed E-state index contributed by atoms with van der Waals surface area (Å²) in [5.74, 6) is -1.50. The number of esters is 2. The lowest BCUT2D eigenvalue weighted by Gasteiger charge is -2.01. The lowest BCUT2D eigenvalue weighted by atomic mass is 10.3. The minimum Gasteiger partial charge on any atom is -0.391 e. The number of carbonyl (C=O) groups excluding carboxylic acids is 2. The Morgan fingerprint density at radius 3 is 2.67 bits per heavy atom. The maximum atomic E-state index is 10.7. The molecule has 0 aliphatic carbocycles. The normalized spacial score (nSPS) is 24.1. The number of carbonyl (C=O) groups is 2. The number of ether oxygens (including phenoxy) is 1. The molecule has 1 heterocycles. The Morgan fingerprint density at radius 2 is 2.25 bits per heavy atom. The highest BCUT2D eigenvalue weighted by atomic mass is 31.1. The summed E-state index contributed by atoms with van der Waals surface area (Å²) in [5, 5.41) is 0. The molecule has 0 spiro atoms. The van der Waals surface area contributed by atoms with Crippen molar-refractivity contribution in [2.75, 3.05) is 7.11 Å². The molecular formula is C5H6O6P. The molecule has 7 heteroatoms. The Hall–Kier alpha value is -0.840. The molecule has 67 valence electrons. The summed E-state index contributed by atoms with van der Waals surface area (Å²) >= 11 is 0. The molecule has 0 bridgehead atoms. The van der Waals surface area contributed by atoms with E-state index in [-0.39, 0.29) is 6.42 Å². The van der Waals surface area contributed by atoms with Gasteiger partial charge < -0.3 is 4.74 Å². The summed E-state index contributed by atoms with van der Waals surface area (Å²) in [5.41, 5.74) is 0. The van der Waals surface area contributed by atoms with E-state index in [4.69, 9.17) is 0 Å². The van der Waals surface area contributed by atoms with Crippen LogP contribution in [0.5, 0.6) is 0 Å². The smallest absolute Gasteiger partial charge is 0.369 e. The van der Waals surface area contributed by atoms with Gasteiger partial charge in [-0.2, -0.15) is 0 Å². The molecule has 0 saturated carbocycles. The summed E-state index contributed by atoms with van der Waals surface area (Å²) < 4.78 is 23.5. The Balaban J connectivity index is 2.48. The second kappa shape index (κ2) is 3.71. The van der Waals surface area contributed by atoms with E-state index in [1.54, 1.807) is 0 Å². The van der Waals surface area contributed by atoms with Gasteiger partial charge in [-0.3, -0.25) is 13.8 Å². The van der Waals surface area contributed by atoms with Crippen LogP contribution >= 0.6 is 8.25 Å². The van der Waals surface area contributed by atoms with Crippen molar-refractivity contribution in [2.45, 2.75) is 12.5 Å². The van der Waals surface area contributed by atoms with Gasteiger partial charge in [0.25, 0.3) is 0 Å². The zero-order chi connectivity index (χ0) is 9.14. The molecule has 1 aliphatic heterocycles. The Kier molecular flexibility index (Phi) is 2.86. The zero-order valence-electron chi connectivity index (χ0n) is 6.18. The molecule has 1 aliphatic rings. The second-order valence-corrected chi connectivity index (χ2v) is 3.02. The fourth-order valence-electron chi connectivity index (χ4n) is 0.682. The van der Waals surface area contributed by atoms with Crippen LogP contribution in [-0.4, -0.2) is 25.2 Å². The van der Waals surface area contributed by atoms with Crippen molar-refractivity contribution in [1.29, 1.82) is 0 Å². The van der Waals surface area contributed by atoms with Crippen LogP contribution in [0.15, 0.2) is 0 Å². The van der Waals surface area contributed by atoms with E-state index in [0.29, 0.717) is 0 Å². The summed E-state index contributed by atoms with van der Waals surface area (Å²) in [6.07, 6.45) is -1.29. The van der Waals surface area contributed by atoms with Crippen LogP contribution in [0.3, 0.4) is 0 Å². The molecule has 1 fully saturated rings.